The summed E-state index contributed by atoms with van der Waals surface area (Å²) in [6, 6.07) is 0. The normalized spacial score (nSPS) is 14.1. The fraction of sp³-hybridized carbons (Fsp3) is 1.00. The number of aliphatic hydroxyl groups is 1. The van der Waals surface area contributed by atoms with Crippen LogP contribution in [0.5, 0.6) is 0 Å². The topological polar surface area (TPSA) is 77.4 Å². The molecule has 6 heteroatoms. The minimum atomic E-state index is -4.10. The Labute approximate surface area is 178 Å². The van der Waals surface area contributed by atoms with Crippen LogP contribution in [0.1, 0.15) is 110 Å². The van der Waals surface area contributed by atoms with Crippen LogP contribution >= 0.6 is 0 Å². The number of rotatable bonds is 17. The van der Waals surface area contributed by atoms with E-state index >= 15 is 0 Å². The Morgan fingerprint density at radius 3 is 1.52 bits per heavy atom. The van der Waals surface area contributed by atoms with Crippen molar-refractivity contribution >= 4 is 10.1 Å². The molecule has 2 unspecified atom stereocenters. The van der Waals surface area contributed by atoms with Gasteiger partial charge in [-0.1, -0.05) is 84.0 Å². The van der Waals surface area contributed by atoms with Gasteiger partial charge in [0.05, 0.1) is 16.2 Å². The summed E-state index contributed by atoms with van der Waals surface area (Å²) in [5.74, 6) is 0. The summed E-state index contributed by atoms with van der Waals surface area (Å²) in [7, 11) is -4.10. The zero-order valence-corrected chi connectivity index (χ0v) is 19.7. The van der Waals surface area contributed by atoms with Crippen LogP contribution in [0.2, 0.25) is 0 Å². The first-order valence-electron chi connectivity index (χ1n) is 10.0. The molecular formula is C19H39NaO4S. The van der Waals surface area contributed by atoms with Crippen molar-refractivity contribution in [1.29, 1.82) is 0 Å². The van der Waals surface area contributed by atoms with Gasteiger partial charge in [0.15, 0.2) is 0 Å². The van der Waals surface area contributed by atoms with Crippen molar-refractivity contribution in [2.75, 3.05) is 0 Å². The van der Waals surface area contributed by atoms with Gasteiger partial charge in [-0.15, -0.1) is 0 Å². The molecule has 0 bridgehead atoms. The minimum absolute atomic E-state index is 0. The summed E-state index contributed by atoms with van der Waals surface area (Å²) in [6.07, 6.45) is 16.0. The molecule has 25 heavy (non-hydrogen) atoms. The fourth-order valence-electron chi connectivity index (χ4n) is 2.97. The third-order valence-electron chi connectivity index (χ3n) is 4.78. The summed E-state index contributed by atoms with van der Waals surface area (Å²) >= 11 is 0. The van der Waals surface area contributed by atoms with Gasteiger partial charge >= 0.3 is 29.6 Å². The minimum Gasteiger partial charge on any atom is -0.748 e. The van der Waals surface area contributed by atoms with E-state index in [1.54, 1.807) is 0 Å². The van der Waals surface area contributed by atoms with Crippen LogP contribution < -0.4 is 29.6 Å². The Bertz CT molecular complexity index is 374. The molecule has 0 aliphatic carbocycles. The molecule has 0 saturated heterocycles. The average molecular weight is 387 g/mol. The SMILES string of the molecule is CCCCCCCC(O)CCCCCCCCCC(C)S(=O)(=O)[O-].[Na+]. The molecule has 4 nitrogen and oxygen atoms in total. The molecule has 0 aliphatic heterocycles. The van der Waals surface area contributed by atoms with E-state index in [0.29, 0.717) is 6.42 Å². The maximum Gasteiger partial charge on any atom is 1.00 e. The molecule has 2 atom stereocenters. The van der Waals surface area contributed by atoms with E-state index in [-0.39, 0.29) is 35.7 Å². The Kier molecular flexibility index (Phi) is 20.5. The third-order valence-corrected chi connectivity index (χ3v) is 6.00. The van der Waals surface area contributed by atoms with Gasteiger partial charge in [-0.25, -0.2) is 8.42 Å². The van der Waals surface area contributed by atoms with Gasteiger partial charge < -0.3 is 9.66 Å². The molecule has 146 valence electrons. The summed E-state index contributed by atoms with van der Waals surface area (Å²) in [5.41, 5.74) is 0. The van der Waals surface area contributed by atoms with Gasteiger partial charge in [0, 0.05) is 5.25 Å². The molecular weight excluding hydrogens is 347 g/mol. The predicted molar refractivity (Wildman–Crippen MR) is 100 cm³/mol. The second-order valence-electron chi connectivity index (χ2n) is 7.21. The van der Waals surface area contributed by atoms with E-state index in [2.05, 4.69) is 6.92 Å². The first-order valence-corrected chi connectivity index (χ1v) is 11.5. The van der Waals surface area contributed by atoms with Gasteiger partial charge in [-0.3, -0.25) is 0 Å². The van der Waals surface area contributed by atoms with Crippen molar-refractivity contribution in [3.8, 4) is 0 Å². The molecule has 0 heterocycles. The van der Waals surface area contributed by atoms with E-state index in [1.807, 2.05) is 0 Å². The number of aliphatic hydroxyl groups excluding tert-OH is 1. The Hall–Kier alpha value is 0.870. The van der Waals surface area contributed by atoms with E-state index in [9.17, 15) is 18.1 Å². The summed E-state index contributed by atoms with van der Waals surface area (Å²) in [5, 5.41) is 9.17. The van der Waals surface area contributed by atoms with Crippen molar-refractivity contribution < 1.29 is 47.6 Å². The molecule has 0 saturated carbocycles. The van der Waals surface area contributed by atoms with Gasteiger partial charge in [-0.05, 0) is 26.2 Å². The zero-order chi connectivity index (χ0) is 18.3. The monoisotopic (exact) mass is 386 g/mol. The fourth-order valence-corrected chi connectivity index (χ4v) is 3.42. The second-order valence-corrected chi connectivity index (χ2v) is 9.00. The van der Waals surface area contributed by atoms with Gasteiger partial charge in [-0.2, -0.15) is 0 Å². The van der Waals surface area contributed by atoms with Gasteiger partial charge in [0.2, 0.25) is 0 Å². The van der Waals surface area contributed by atoms with Gasteiger partial charge in [0.1, 0.15) is 0 Å². The standard InChI is InChI=1S/C19H40O4S.Na/c1-3-4-5-9-13-16-19(20)17-14-11-8-6-7-10-12-15-18(2)24(21,22)23;/h18-20H,3-17H2,1-2H3,(H,21,22,23);/q;+1/p-1. The van der Waals surface area contributed by atoms with Crippen LogP contribution in [0.25, 0.3) is 0 Å². The Balaban J connectivity index is 0. The van der Waals surface area contributed by atoms with Crippen molar-refractivity contribution in [3.63, 3.8) is 0 Å². The maximum absolute atomic E-state index is 10.8. The number of unbranched alkanes of at least 4 members (excludes halogenated alkanes) is 10. The van der Waals surface area contributed by atoms with E-state index < -0.39 is 15.4 Å². The predicted octanol–water partition coefficient (Wildman–Crippen LogP) is 2.16. The molecule has 1 N–H and O–H groups in total. The van der Waals surface area contributed by atoms with Crippen molar-refractivity contribution in [2.45, 2.75) is 122 Å². The van der Waals surface area contributed by atoms with Crippen LogP contribution in [0, 0.1) is 0 Å². The molecule has 0 rings (SSSR count). The Morgan fingerprint density at radius 1 is 0.760 bits per heavy atom. The van der Waals surface area contributed by atoms with Crippen LogP contribution in [-0.2, 0) is 10.1 Å². The molecule has 0 radical (unpaired) electrons. The summed E-state index contributed by atoms with van der Waals surface area (Å²) in [4.78, 5) is 0. The quantitative estimate of drug-likeness (QED) is 0.236. The van der Waals surface area contributed by atoms with Crippen LogP contribution in [0.4, 0.5) is 0 Å². The zero-order valence-electron chi connectivity index (χ0n) is 16.8. The van der Waals surface area contributed by atoms with Crippen LogP contribution in [0.15, 0.2) is 0 Å². The second kappa shape index (κ2) is 18.2. The molecule has 0 fully saturated rings. The van der Waals surface area contributed by atoms with Crippen molar-refractivity contribution in [2.24, 2.45) is 0 Å². The van der Waals surface area contributed by atoms with E-state index in [1.165, 1.54) is 39.0 Å². The first kappa shape index (κ1) is 28.1. The summed E-state index contributed by atoms with van der Waals surface area (Å²) < 4.78 is 32.3. The van der Waals surface area contributed by atoms with E-state index in [4.69, 9.17) is 0 Å². The number of hydrogen-bond donors (Lipinski definition) is 1. The number of hydrogen-bond acceptors (Lipinski definition) is 4. The smallest absolute Gasteiger partial charge is 0.748 e. The average Bonchev–Trinajstić information content (AvgIpc) is 2.51. The van der Waals surface area contributed by atoms with Crippen LogP contribution in [-0.4, -0.2) is 29.4 Å². The molecule has 0 aromatic rings. The third kappa shape index (κ3) is 19.4. The summed E-state index contributed by atoms with van der Waals surface area (Å²) in [6.45, 7) is 3.71. The van der Waals surface area contributed by atoms with Crippen molar-refractivity contribution in [1.82, 2.24) is 0 Å². The molecule has 0 aliphatic rings. The molecule has 0 spiro atoms. The molecule has 0 aromatic heterocycles. The first-order chi connectivity index (χ1) is 11.4. The van der Waals surface area contributed by atoms with Crippen LogP contribution in [0.3, 0.4) is 0 Å². The largest absolute Gasteiger partial charge is 1.00 e. The maximum atomic E-state index is 10.8. The van der Waals surface area contributed by atoms with Gasteiger partial charge in [0.25, 0.3) is 0 Å². The van der Waals surface area contributed by atoms with E-state index in [0.717, 1.165) is 57.8 Å². The van der Waals surface area contributed by atoms with Crippen molar-refractivity contribution in [3.05, 3.63) is 0 Å². The molecule has 0 amide bonds. The molecule has 0 aromatic carbocycles. The Morgan fingerprint density at radius 2 is 1.12 bits per heavy atom.